The second-order valence-corrected chi connectivity index (χ2v) is 17.9. The first-order valence-corrected chi connectivity index (χ1v) is 21.0. The third-order valence-corrected chi connectivity index (χ3v) is 15.4. The molecule has 9 aromatic rings. The third-order valence-electron chi connectivity index (χ3n) is 14.3. The van der Waals surface area contributed by atoms with Crippen LogP contribution >= 0.6 is 11.3 Å². The molecule has 5 aliphatic rings. The van der Waals surface area contributed by atoms with E-state index in [0.29, 0.717) is 0 Å². The third kappa shape index (κ3) is 4.09. The molecule has 55 heavy (non-hydrogen) atoms. The maximum Gasteiger partial charge on any atom is 0.161 e. The second kappa shape index (κ2) is 11.2. The van der Waals surface area contributed by atoms with Gasteiger partial charge in [0, 0.05) is 26.6 Å². The molecule has 0 saturated heterocycles. The van der Waals surface area contributed by atoms with E-state index in [1.54, 1.807) is 22.5 Å². The van der Waals surface area contributed by atoms with Gasteiger partial charge in [0.25, 0.3) is 0 Å². The molecule has 5 aliphatic carbocycles. The zero-order chi connectivity index (χ0) is 35.8. The molecule has 4 fully saturated rings. The predicted octanol–water partition coefficient (Wildman–Crippen LogP) is 13.9. The number of thiophene rings is 1. The molecule has 0 unspecified atom stereocenters. The highest BCUT2D eigenvalue weighted by molar-refractivity contribution is 7.26. The quantitative estimate of drug-likeness (QED) is 0.170. The average molecular weight is 723 g/mol. The van der Waals surface area contributed by atoms with E-state index in [0.717, 1.165) is 56.5 Å². The van der Waals surface area contributed by atoms with Gasteiger partial charge < -0.3 is 0 Å². The Morgan fingerprint density at radius 2 is 1.05 bits per heavy atom. The maximum absolute atomic E-state index is 5.51. The lowest BCUT2D eigenvalue weighted by atomic mass is 9.43. The van der Waals surface area contributed by atoms with Gasteiger partial charge in [-0.05, 0) is 123 Å². The standard InChI is InChI=1S/C52H38N2S/c1-2-12-32(13-3-1)48-50-49(42-19-9-11-21-45(42)55-50)54-51(53-48)47-40-17-6-4-15-38(40)46(39-16-5-7-18-41(39)47)33-22-23-37-36-14-8-10-20-43(36)52(44(37)29-33)34-25-30-24-31(27-34)28-35(52)26-30/h1-23,29-31,34-35H,24-28H2. The van der Waals surface area contributed by atoms with Crippen molar-refractivity contribution in [2.24, 2.45) is 23.7 Å². The van der Waals surface area contributed by atoms with Crippen molar-refractivity contribution in [1.82, 2.24) is 9.97 Å². The van der Waals surface area contributed by atoms with Crippen molar-refractivity contribution in [3.8, 4) is 44.9 Å². The van der Waals surface area contributed by atoms with Gasteiger partial charge in [-0.25, -0.2) is 9.97 Å². The van der Waals surface area contributed by atoms with Crippen molar-refractivity contribution in [3.63, 3.8) is 0 Å². The highest BCUT2D eigenvalue weighted by Gasteiger charge is 2.61. The molecule has 2 aromatic heterocycles. The Morgan fingerprint density at radius 3 is 1.76 bits per heavy atom. The van der Waals surface area contributed by atoms with Gasteiger partial charge in [0.1, 0.15) is 0 Å². The van der Waals surface area contributed by atoms with Crippen LogP contribution < -0.4 is 0 Å². The lowest BCUT2D eigenvalue weighted by Gasteiger charge is -2.61. The number of benzene rings is 7. The van der Waals surface area contributed by atoms with Crippen LogP contribution in [-0.2, 0) is 5.41 Å². The summed E-state index contributed by atoms with van der Waals surface area (Å²) < 4.78 is 2.38. The number of aromatic nitrogens is 2. The molecule has 2 heterocycles. The van der Waals surface area contributed by atoms with E-state index < -0.39 is 0 Å². The minimum atomic E-state index is 0.126. The van der Waals surface area contributed by atoms with Gasteiger partial charge >= 0.3 is 0 Å². The monoisotopic (exact) mass is 722 g/mol. The van der Waals surface area contributed by atoms with Crippen LogP contribution in [0.5, 0.6) is 0 Å². The summed E-state index contributed by atoms with van der Waals surface area (Å²) >= 11 is 1.79. The molecular weight excluding hydrogens is 685 g/mol. The molecule has 262 valence electrons. The van der Waals surface area contributed by atoms with Crippen LogP contribution in [-0.4, -0.2) is 9.97 Å². The van der Waals surface area contributed by atoms with E-state index in [9.17, 15) is 0 Å². The van der Waals surface area contributed by atoms with Crippen molar-refractivity contribution >= 4 is 53.2 Å². The highest BCUT2D eigenvalue weighted by Crippen LogP contribution is 2.69. The normalized spacial score (nSPS) is 23.3. The first-order chi connectivity index (χ1) is 27.2. The van der Waals surface area contributed by atoms with Crippen molar-refractivity contribution in [1.29, 1.82) is 0 Å². The van der Waals surface area contributed by atoms with Gasteiger partial charge in [0.05, 0.1) is 15.9 Å². The zero-order valence-corrected chi connectivity index (χ0v) is 31.3. The molecule has 1 spiro atoms. The molecule has 2 nitrogen and oxygen atoms in total. The van der Waals surface area contributed by atoms with E-state index in [-0.39, 0.29) is 5.41 Å². The average Bonchev–Trinajstić information content (AvgIpc) is 3.75. The van der Waals surface area contributed by atoms with Gasteiger partial charge in [0.15, 0.2) is 5.82 Å². The molecule has 3 heteroatoms. The molecule has 14 rings (SSSR count). The number of nitrogens with zero attached hydrogens (tertiary/aromatic N) is 2. The van der Waals surface area contributed by atoms with Crippen LogP contribution in [0, 0.1) is 23.7 Å². The van der Waals surface area contributed by atoms with Crippen LogP contribution in [0.1, 0.15) is 43.2 Å². The maximum atomic E-state index is 5.51. The Bertz CT molecular complexity index is 2980. The van der Waals surface area contributed by atoms with E-state index in [2.05, 4.69) is 146 Å². The van der Waals surface area contributed by atoms with E-state index in [1.807, 2.05) is 0 Å². The number of rotatable bonds is 3. The minimum Gasteiger partial charge on any atom is -0.226 e. The molecule has 0 radical (unpaired) electrons. The van der Waals surface area contributed by atoms with E-state index in [4.69, 9.17) is 9.97 Å². The minimum absolute atomic E-state index is 0.126. The van der Waals surface area contributed by atoms with Crippen molar-refractivity contribution in [3.05, 3.63) is 157 Å². The fourth-order valence-electron chi connectivity index (χ4n) is 12.5. The summed E-state index contributed by atoms with van der Waals surface area (Å²) in [4.78, 5) is 11.0. The van der Waals surface area contributed by atoms with Gasteiger partial charge in [0.2, 0.25) is 0 Å². The largest absolute Gasteiger partial charge is 0.226 e. The Labute approximate surface area is 324 Å². The summed E-state index contributed by atoms with van der Waals surface area (Å²) in [6.07, 6.45) is 7.02. The van der Waals surface area contributed by atoms with Crippen LogP contribution in [0.2, 0.25) is 0 Å². The van der Waals surface area contributed by atoms with Crippen LogP contribution in [0.25, 0.3) is 86.7 Å². The number of fused-ring (bicyclic) bond motifs is 8. The van der Waals surface area contributed by atoms with Crippen LogP contribution in [0.15, 0.2) is 146 Å². The zero-order valence-electron chi connectivity index (χ0n) is 30.5. The molecular formula is C52H38N2S. The van der Waals surface area contributed by atoms with Gasteiger partial charge in [-0.1, -0.05) is 133 Å². The summed E-state index contributed by atoms with van der Waals surface area (Å²) in [5, 5.41) is 6.09. The molecule has 0 atom stereocenters. The summed E-state index contributed by atoms with van der Waals surface area (Å²) in [6.45, 7) is 0. The Hall–Kier alpha value is -5.64. The summed E-state index contributed by atoms with van der Waals surface area (Å²) in [7, 11) is 0. The first kappa shape index (κ1) is 30.7. The number of hydrogen-bond acceptors (Lipinski definition) is 3. The SMILES string of the molecule is c1ccc(-c2nc(-c3c4ccccc4c(-c4ccc5c(c4)C4(c6ccccc6-5)C5CC6CC(C5)CC4C6)c4ccccc34)nc3c2sc2ccccc23)cc1. The topological polar surface area (TPSA) is 25.8 Å². The second-order valence-electron chi connectivity index (χ2n) is 16.9. The van der Waals surface area contributed by atoms with Crippen molar-refractivity contribution in [2.75, 3.05) is 0 Å². The van der Waals surface area contributed by atoms with E-state index >= 15 is 0 Å². The van der Waals surface area contributed by atoms with E-state index in [1.165, 1.54) is 86.0 Å². The summed E-state index contributed by atoms with van der Waals surface area (Å²) in [5.74, 6) is 4.09. The van der Waals surface area contributed by atoms with Gasteiger partial charge in [-0.2, -0.15) is 0 Å². The van der Waals surface area contributed by atoms with Crippen LogP contribution in [0.4, 0.5) is 0 Å². The summed E-state index contributed by atoms with van der Waals surface area (Å²) in [6, 6.07) is 54.4. The first-order valence-electron chi connectivity index (χ1n) is 20.2. The molecule has 7 aromatic carbocycles. The lowest BCUT2D eigenvalue weighted by molar-refractivity contribution is -0.0399. The molecule has 0 amide bonds. The van der Waals surface area contributed by atoms with Crippen molar-refractivity contribution in [2.45, 2.75) is 37.5 Å². The fourth-order valence-corrected chi connectivity index (χ4v) is 13.6. The van der Waals surface area contributed by atoms with Gasteiger partial charge in [-0.3, -0.25) is 0 Å². The Kier molecular flexibility index (Phi) is 6.25. The Balaban J connectivity index is 1.08. The highest BCUT2D eigenvalue weighted by atomic mass is 32.1. The Morgan fingerprint density at radius 1 is 0.473 bits per heavy atom. The molecule has 0 N–H and O–H groups in total. The fraction of sp³-hybridized carbons (Fsp3) is 0.192. The predicted molar refractivity (Wildman–Crippen MR) is 230 cm³/mol. The smallest absolute Gasteiger partial charge is 0.161 e. The molecule has 4 bridgehead atoms. The van der Waals surface area contributed by atoms with Crippen molar-refractivity contribution < 1.29 is 0 Å². The lowest BCUT2D eigenvalue weighted by Crippen LogP contribution is -2.55. The summed E-state index contributed by atoms with van der Waals surface area (Å²) in [5.41, 5.74) is 13.2. The molecule has 4 saturated carbocycles. The van der Waals surface area contributed by atoms with Crippen LogP contribution in [0.3, 0.4) is 0 Å². The molecule has 0 aliphatic heterocycles. The number of hydrogen-bond donors (Lipinski definition) is 0. The van der Waals surface area contributed by atoms with Gasteiger partial charge in [-0.15, -0.1) is 11.3 Å².